The van der Waals surface area contributed by atoms with Crippen molar-refractivity contribution in [3.63, 3.8) is 0 Å². The van der Waals surface area contributed by atoms with Gasteiger partial charge in [-0.05, 0) is 17.4 Å². The predicted octanol–water partition coefficient (Wildman–Crippen LogP) is 4.75. The zero-order valence-electron chi connectivity index (χ0n) is 24.9. The number of aryl methyl sites for hydroxylation is 3. The monoisotopic (exact) mass is 650 g/mol. The van der Waals surface area contributed by atoms with Crippen molar-refractivity contribution in [1.29, 1.82) is 0 Å². The fraction of sp³-hybridized carbons (Fsp3) is 0.314. The van der Waals surface area contributed by atoms with E-state index in [9.17, 15) is 0 Å². The van der Waals surface area contributed by atoms with Crippen LogP contribution in [-0.2, 0) is 23.3 Å². The SMILES string of the molecule is C[Si](C)=[Zr+2].Cc1cc2c(-c3ccccc3)ccc(C)c2[cH-]1.Cc1ccc(C(C)C)c2cc(C(C)C)[cH-]c12.[Cl-].[Cl-]. The summed E-state index contributed by atoms with van der Waals surface area (Å²) in [6.07, 6.45) is 0. The van der Waals surface area contributed by atoms with Gasteiger partial charge in [0.2, 0.25) is 0 Å². The van der Waals surface area contributed by atoms with Gasteiger partial charge >= 0.3 is 41.9 Å². The minimum atomic E-state index is 0. The Bertz CT molecular complexity index is 1490. The molecule has 0 N–H and O–H groups in total. The van der Waals surface area contributed by atoms with Crippen molar-refractivity contribution < 1.29 is 48.1 Å². The third kappa shape index (κ3) is 9.29. The predicted molar refractivity (Wildman–Crippen MR) is 164 cm³/mol. The molecule has 39 heavy (non-hydrogen) atoms. The number of rotatable bonds is 3. The molecule has 0 aliphatic rings. The van der Waals surface area contributed by atoms with Gasteiger partial charge in [0.25, 0.3) is 0 Å². The Morgan fingerprint density at radius 3 is 1.74 bits per heavy atom. The van der Waals surface area contributed by atoms with Crippen LogP contribution in [0.5, 0.6) is 0 Å². The van der Waals surface area contributed by atoms with Crippen LogP contribution in [0.25, 0.3) is 32.7 Å². The molecule has 0 unspecified atom stereocenters. The third-order valence-electron chi connectivity index (χ3n) is 6.78. The van der Waals surface area contributed by atoms with Crippen LogP contribution in [0.3, 0.4) is 0 Å². The minimum Gasteiger partial charge on any atom is -1.00 e. The van der Waals surface area contributed by atoms with Crippen LogP contribution >= 0.6 is 0 Å². The average molecular weight is 653 g/mol. The van der Waals surface area contributed by atoms with Gasteiger partial charge in [0.05, 0.1) is 0 Å². The Hall–Kier alpha value is -1.44. The fourth-order valence-corrected chi connectivity index (χ4v) is 4.79. The number of halogens is 2. The van der Waals surface area contributed by atoms with Gasteiger partial charge in [-0.1, -0.05) is 102 Å². The molecule has 0 fully saturated rings. The quantitative estimate of drug-likeness (QED) is 0.195. The van der Waals surface area contributed by atoms with Crippen molar-refractivity contribution in [2.75, 3.05) is 0 Å². The van der Waals surface area contributed by atoms with E-state index in [1.807, 2.05) is 0 Å². The van der Waals surface area contributed by atoms with E-state index >= 15 is 0 Å². The van der Waals surface area contributed by atoms with E-state index in [2.05, 4.69) is 140 Å². The molecule has 0 atom stereocenters. The molecule has 206 valence electrons. The summed E-state index contributed by atoms with van der Waals surface area (Å²) < 4.78 is 0. The molecule has 0 saturated carbocycles. The molecule has 0 bridgehead atoms. The summed E-state index contributed by atoms with van der Waals surface area (Å²) in [7, 11) is 0. The molecule has 0 saturated heterocycles. The molecule has 0 amide bonds. The molecule has 0 spiro atoms. The van der Waals surface area contributed by atoms with Crippen LogP contribution in [0.2, 0.25) is 13.1 Å². The summed E-state index contributed by atoms with van der Waals surface area (Å²) in [4.78, 5) is 0. The summed E-state index contributed by atoms with van der Waals surface area (Å²) in [6.45, 7) is 20.2. The first-order valence-electron chi connectivity index (χ1n) is 13.4. The fourth-order valence-electron chi connectivity index (χ4n) is 4.79. The van der Waals surface area contributed by atoms with Crippen molar-refractivity contribution in [2.24, 2.45) is 0 Å². The van der Waals surface area contributed by atoms with Crippen molar-refractivity contribution >= 4 is 27.0 Å². The van der Waals surface area contributed by atoms with Crippen LogP contribution < -0.4 is 24.8 Å². The second kappa shape index (κ2) is 16.1. The molecule has 0 radical (unpaired) electrons. The summed E-state index contributed by atoms with van der Waals surface area (Å²) in [5.74, 6) is 1.22. The van der Waals surface area contributed by atoms with Crippen LogP contribution in [0.4, 0.5) is 0 Å². The first kappa shape index (κ1) is 35.6. The van der Waals surface area contributed by atoms with Crippen molar-refractivity contribution in [3.8, 4) is 11.1 Å². The number of benzene rings is 3. The summed E-state index contributed by atoms with van der Waals surface area (Å²) in [5, 5.41) is 5.64. The van der Waals surface area contributed by atoms with Gasteiger partial charge in [-0.3, -0.25) is 0 Å². The van der Waals surface area contributed by atoms with Gasteiger partial charge in [-0.15, -0.1) is 68.1 Å². The Kier molecular flexibility index (Phi) is 14.7. The minimum absolute atomic E-state index is 0. The molecule has 5 aromatic carbocycles. The van der Waals surface area contributed by atoms with Crippen LogP contribution in [-0.4, -0.2) is 5.43 Å². The maximum absolute atomic E-state index is 2.38. The molecular formula is C35H42Cl2SiZr-2. The number of fused-ring (bicyclic) bond motifs is 2. The normalized spacial score (nSPS) is 10.4. The van der Waals surface area contributed by atoms with E-state index in [1.54, 1.807) is 23.3 Å². The summed E-state index contributed by atoms with van der Waals surface area (Å²) in [5.41, 5.74) is 9.87. The molecule has 5 rings (SSSR count). The Morgan fingerprint density at radius 1 is 0.667 bits per heavy atom. The van der Waals surface area contributed by atoms with Gasteiger partial charge in [0.15, 0.2) is 0 Å². The van der Waals surface area contributed by atoms with Gasteiger partial charge in [-0.2, -0.15) is 12.1 Å². The Balaban J connectivity index is 0.000000329. The molecule has 0 heterocycles. The number of hydrogen-bond donors (Lipinski definition) is 0. The molecule has 0 aliphatic heterocycles. The van der Waals surface area contributed by atoms with Crippen LogP contribution in [0.1, 0.15) is 67.3 Å². The molecule has 0 aliphatic carbocycles. The topological polar surface area (TPSA) is 0 Å². The van der Waals surface area contributed by atoms with Crippen molar-refractivity contribution in [3.05, 3.63) is 107 Å². The molecule has 0 nitrogen and oxygen atoms in total. The average Bonchev–Trinajstić information content (AvgIpc) is 3.45. The standard InChI is InChI=1S/C17H15.C16H21.C2H6Si.2ClH.Zr/c1-12-10-16-13(2)8-9-15(17(16)11-12)14-6-4-3-5-7-14;1-10(2)13-8-15-12(5)6-7-14(11(3)4)16(15)9-13;1-3-2;;;/h3-11H,1-2H3;6-11H,1-5H3;1-2H3;2*1H;/q2*-1;;;;+2/p-2. The van der Waals surface area contributed by atoms with E-state index in [0.717, 1.165) is 0 Å². The first-order chi connectivity index (χ1) is 17.5. The molecule has 5 aromatic rings. The van der Waals surface area contributed by atoms with Gasteiger partial charge < -0.3 is 24.8 Å². The second-order valence-electron chi connectivity index (χ2n) is 11.1. The zero-order valence-corrected chi connectivity index (χ0v) is 29.9. The smallest absolute Gasteiger partial charge is 0.0279 e. The van der Waals surface area contributed by atoms with Gasteiger partial charge in [0.1, 0.15) is 0 Å². The van der Waals surface area contributed by atoms with Crippen molar-refractivity contribution in [1.82, 2.24) is 0 Å². The van der Waals surface area contributed by atoms with Gasteiger partial charge in [0, 0.05) is 0 Å². The third-order valence-corrected chi connectivity index (χ3v) is 6.78. The Labute approximate surface area is 264 Å². The molecule has 4 heteroatoms. The maximum Gasteiger partial charge on any atom is -0.0279 e. The van der Waals surface area contributed by atoms with E-state index in [0.29, 0.717) is 11.8 Å². The number of hydrogen-bond acceptors (Lipinski definition) is 0. The molecular weight excluding hydrogens is 611 g/mol. The molecule has 0 aromatic heterocycles. The van der Waals surface area contributed by atoms with Gasteiger partial charge in [-0.25, -0.2) is 0 Å². The van der Waals surface area contributed by atoms with Crippen LogP contribution in [0, 0.1) is 20.8 Å². The van der Waals surface area contributed by atoms with E-state index in [4.69, 9.17) is 0 Å². The van der Waals surface area contributed by atoms with Crippen LogP contribution in [0.15, 0.2) is 78.9 Å². The van der Waals surface area contributed by atoms with E-state index in [1.165, 1.54) is 60.5 Å². The summed E-state index contributed by atoms with van der Waals surface area (Å²) in [6, 6.07) is 28.9. The Morgan fingerprint density at radius 2 is 1.21 bits per heavy atom. The van der Waals surface area contributed by atoms with E-state index in [-0.39, 0.29) is 30.2 Å². The van der Waals surface area contributed by atoms with Crippen molar-refractivity contribution in [2.45, 2.75) is 73.4 Å². The zero-order chi connectivity index (χ0) is 27.3. The second-order valence-corrected chi connectivity index (χ2v) is 20.4. The summed E-state index contributed by atoms with van der Waals surface area (Å²) >= 11 is 1.74. The first-order valence-corrected chi connectivity index (χ1v) is 19.6. The van der Waals surface area contributed by atoms with E-state index < -0.39 is 0 Å². The largest absolute Gasteiger partial charge is 1.00 e. The maximum atomic E-state index is 2.38.